The first-order valence-electron chi connectivity index (χ1n) is 5.36. The van der Waals surface area contributed by atoms with Crippen LogP contribution in [0.4, 0.5) is 18.9 Å². The average Bonchev–Trinajstić information content (AvgIpc) is 2.63. The minimum atomic E-state index is -4.33. The van der Waals surface area contributed by atoms with Gasteiger partial charge in [0.2, 0.25) is 5.91 Å². The molecule has 18 heavy (non-hydrogen) atoms. The lowest BCUT2D eigenvalue weighted by Crippen LogP contribution is -2.28. The first-order valence-corrected chi connectivity index (χ1v) is 5.36. The first kappa shape index (κ1) is 14.5. The summed E-state index contributed by atoms with van der Waals surface area (Å²) in [5.41, 5.74) is 0.257. The molecule has 0 saturated carbocycles. The molecule has 0 saturated heterocycles. The smallest absolute Gasteiger partial charge is 0.323 e. The quantitative estimate of drug-likeness (QED) is 0.841. The van der Waals surface area contributed by atoms with E-state index in [-0.39, 0.29) is 17.5 Å². The third-order valence-corrected chi connectivity index (χ3v) is 2.20. The number of nitrogens with one attached hydrogen (secondary N) is 2. The number of hydrogen-bond donors (Lipinski definition) is 2. The predicted molar refractivity (Wildman–Crippen MR) is 60.0 cm³/mol. The molecule has 1 unspecified atom stereocenters. The molecule has 0 aliphatic rings. The second-order valence-electron chi connectivity index (χ2n) is 3.99. The molecular weight excluding hydrogens is 249 g/mol. The summed E-state index contributed by atoms with van der Waals surface area (Å²) in [6, 6.07) is 0. The molecule has 1 rings (SSSR count). The van der Waals surface area contributed by atoms with Gasteiger partial charge in [-0.3, -0.25) is 9.48 Å². The molecule has 0 aliphatic carbocycles. The van der Waals surface area contributed by atoms with Crippen LogP contribution in [0.2, 0.25) is 0 Å². The Hall–Kier alpha value is -1.57. The molecular formula is C10H15F3N4O. The van der Waals surface area contributed by atoms with E-state index in [1.165, 1.54) is 6.20 Å². The van der Waals surface area contributed by atoms with Crippen LogP contribution in [0.15, 0.2) is 12.4 Å². The Morgan fingerprint density at radius 2 is 2.22 bits per heavy atom. The fourth-order valence-corrected chi connectivity index (χ4v) is 1.36. The highest BCUT2D eigenvalue weighted by Crippen LogP contribution is 2.18. The van der Waals surface area contributed by atoms with Crippen molar-refractivity contribution in [2.24, 2.45) is 5.92 Å². The van der Waals surface area contributed by atoms with E-state index < -0.39 is 12.7 Å². The number of aromatic nitrogens is 2. The Morgan fingerprint density at radius 3 is 2.78 bits per heavy atom. The lowest BCUT2D eigenvalue weighted by Gasteiger charge is -2.09. The number of amides is 1. The number of hydrogen-bond acceptors (Lipinski definition) is 3. The number of anilines is 1. The molecule has 1 heterocycles. The number of rotatable bonds is 5. The van der Waals surface area contributed by atoms with Crippen molar-refractivity contribution in [3.05, 3.63) is 12.4 Å². The molecule has 2 N–H and O–H groups in total. The van der Waals surface area contributed by atoms with Gasteiger partial charge in [-0.15, -0.1) is 0 Å². The largest absolute Gasteiger partial charge is 0.408 e. The van der Waals surface area contributed by atoms with Gasteiger partial charge in [0.05, 0.1) is 11.9 Å². The molecule has 1 atom stereocenters. The van der Waals surface area contributed by atoms with Crippen molar-refractivity contribution >= 4 is 11.6 Å². The van der Waals surface area contributed by atoms with E-state index in [0.29, 0.717) is 6.54 Å². The second kappa shape index (κ2) is 5.85. The van der Waals surface area contributed by atoms with Crippen LogP contribution in [0.25, 0.3) is 0 Å². The van der Waals surface area contributed by atoms with Gasteiger partial charge in [-0.2, -0.15) is 18.3 Å². The Morgan fingerprint density at radius 1 is 1.56 bits per heavy atom. The van der Waals surface area contributed by atoms with E-state index in [1.807, 2.05) is 0 Å². The van der Waals surface area contributed by atoms with Crippen molar-refractivity contribution in [1.29, 1.82) is 0 Å². The van der Waals surface area contributed by atoms with Crippen LogP contribution in [0.5, 0.6) is 0 Å². The molecule has 0 aliphatic heterocycles. The van der Waals surface area contributed by atoms with Gasteiger partial charge in [-0.05, 0) is 7.05 Å². The van der Waals surface area contributed by atoms with Gasteiger partial charge in [0, 0.05) is 18.7 Å². The molecule has 5 nitrogen and oxygen atoms in total. The van der Waals surface area contributed by atoms with Crippen LogP contribution in [-0.4, -0.2) is 35.5 Å². The third-order valence-electron chi connectivity index (χ3n) is 2.20. The molecule has 0 fully saturated rings. The highest BCUT2D eigenvalue weighted by molar-refractivity contribution is 5.92. The summed E-state index contributed by atoms with van der Waals surface area (Å²) in [5, 5.41) is 8.87. The molecule has 1 aromatic heterocycles. The molecule has 0 bridgehead atoms. The first-order chi connectivity index (χ1) is 8.31. The van der Waals surface area contributed by atoms with Gasteiger partial charge in [-0.1, -0.05) is 6.92 Å². The van der Waals surface area contributed by atoms with E-state index >= 15 is 0 Å². The van der Waals surface area contributed by atoms with Gasteiger partial charge in [0.25, 0.3) is 0 Å². The van der Waals surface area contributed by atoms with Gasteiger partial charge in [0.1, 0.15) is 6.54 Å². The molecule has 0 spiro atoms. The van der Waals surface area contributed by atoms with Crippen LogP contribution >= 0.6 is 0 Å². The summed E-state index contributed by atoms with van der Waals surface area (Å²) in [5.74, 6) is -0.545. The normalized spacial score (nSPS) is 13.4. The minimum Gasteiger partial charge on any atom is -0.323 e. The Balaban J connectivity index is 2.56. The summed E-state index contributed by atoms with van der Waals surface area (Å²) in [6.07, 6.45) is -1.99. The van der Waals surface area contributed by atoms with Crippen molar-refractivity contribution in [3.63, 3.8) is 0 Å². The monoisotopic (exact) mass is 264 g/mol. The van der Waals surface area contributed by atoms with Gasteiger partial charge < -0.3 is 10.6 Å². The maximum atomic E-state index is 12.1. The molecule has 1 amide bonds. The molecule has 0 radical (unpaired) electrons. The van der Waals surface area contributed by atoms with E-state index in [1.54, 1.807) is 14.0 Å². The van der Waals surface area contributed by atoms with E-state index in [4.69, 9.17) is 0 Å². The Bertz CT molecular complexity index is 402. The van der Waals surface area contributed by atoms with Gasteiger partial charge in [0.15, 0.2) is 0 Å². The van der Waals surface area contributed by atoms with E-state index in [9.17, 15) is 18.0 Å². The Kier molecular flexibility index (Phi) is 4.71. The van der Waals surface area contributed by atoms with Crippen molar-refractivity contribution in [1.82, 2.24) is 15.1 Å². The number of alkyl halides is 3. The van der Waals surface area contributed by atoms with Crippen molar-refractivity contribution in [2.75, 3.05) is 18.9 Å². The SMILES string of the molecule is CNCC(C)C(=O)Nc1cnn(CC(F)(F)F)c1. The fraction of sp³-hybridized carbons (Fsp3) is 0.600. The van der Waals surface area contributed by atoms with Crippen LogP contribution in [-0.2, 0) is 11.3 Å². The van der Waals surface area contributed by atoms with Crippen molar-refractivity contribution in [2.45, 2.75) is 19.6 Å². The maximum Gasteiger partial charge on any atom is 0.408 e. The summed E-state index contributed by atoms with van der Waals surface area (Å²) < 4.78 is 37.0. The second-order valence-corrected chi connectivity index (χ2v) is 3.99. The average molecular weight is 264 g/mol. The van der Waals surface area contributed by atoms with Crippen LogP contribution < -0.4 is 10.6 Å². The summed E-state index contributed by atoms with van der Waals surface area (Å²) in [6.45, 7) is 1.03. The standard InChI is InChI=1S/C10H15F3N4O/c1-7(3-14-2)9(18)16-8-4-15-17(5-8)6-10(11,12)13/h4-5,7,14H,3,6H2,1-2H3,(H,16,18). The maximum absolute atomic E-state index is 12.1. The highest BCUT2D eigenvalue weighted by atomic mass is 19.4. The molecule has 0 aromatic carbocycles. The summed E-state index contributed by atoms with van der Waals surface area (Å²) in [7, 11) is 1.71. The van der Waals surface area contributed by atoms with E-state index in [0.717, 1.165) is 10.9 Å². The highest BCUT2D eigenvalue weighted by Gasteiger charge is 2.28. The molecule has 8 heteroatoms. The number of carbonyl (C=O) groups is 1. The van der Waals surface area contributed by atoms with E-state index in [2.05, 4.69) is 15.7 Å². The summed E-state index contributed by atoms with van der Waals surface area (Å²) in [4.78, 5) is 11.6. The lowest BCUT2D eigenvalue weighted by molar-refractivity contribution is -0.142. The third kappa shape index (κ3) is 4.74. The Labute approximate surface area is 102 Å². The lowest BCUT2D eigenvalue weighted by atomic mass is 10.1. The topological polar surface area (TPSA) is 59.0 Å². The van der Waals surface area contributed by atoms with Gasteiger partial charge in [-0.25, -0.2) is 0 Å². The molecule has 1 aromatic rings. The number of halogens is 3. The summed E-state index contributed by atoms with van der Waals surface area (Å²) >= 11 is 0. The van der Waals surface area contributed by atoms with Crippen LogP contribution in [0.3, 0.4) is 0 Å². The van der Waals surface area contributed by atoms with Crippen LogP contribution in [0, 0.1) is 5.92 Å². The zero-order valence-electron chi connectivity index (χ0n) is 10.1. The van der Waals surface area contributed by atoms with Gasteiger partial charge >= 0.3 is 6.18 Å². The fourth-order valence-electron chi connectivity index (χ4n) is 1.36. The number of nitrogens with zero attached hydrogens (tertiary/aromatic N) is 2. The number of carbonyl (C=O) groups excluding carboxylic acids is 1. The van der Waals surface area contributed by atoms with Crippen molar-refractivity contribution in [3.8, 4) is 0 Å². The zero-order chi connectivity index (χ0) is 13.8. The zero-order valence-corrected chi connectivity index (χ0v) is 10.1. The predicted octanol–water partition coefficient (Wildman–Crippen LogP) is 1.24. The minimum absolute atomic E-state index is 0.257. The van der Waals surface area contributed by atoms with Crippen LogP contribution in [0.1, 0.15) is 6.92 Å². The van der Waals surface area contributed by atoms with Crippen molar-refractivity contribution < 1.29 is 18.0 Å². The molecule has 102 valence electrons.